The summed E-state index contributed by atoms with van der Waals surface area (Å²) in [6, 6.07) is 0. The zero-order valence-corrected chi connectivity index (χ0v) is 7.30. The summed E-state index contributed by atoms with van der Waals surface area (Å²) in [4.78, 5) is 0. The molecule has 0 spiro atoms. The van der Waals surface area contributed by atoms with Crippen molar-refractivity contribution >= 4 is 0 Å². The summed E-state index contributed by atoms with van der Waals surface area (Å²) in [5.41, 5.74) is 0.832. The normalized spacial score (nSPS) is 49.2. The number of aliphatic hydroxyl groups is 1. The van der Waals surface area contributed by atoms with Crippen LogP contribution in [0.5, 0.6) is 0 Å². The molecule has 0 aromatic carbocycles. The highest BCUT2D eigenvalue weighted by Crippen LogP contribution is 2.49. The van der Waals surface area contributed by atoms with Gasteiger partial charge >= 0.3 is 0 Å². The fraction of sp³-hybridized carbons (Fsp3) is 0.800. The van der Waals surface area contributed by atoms with Gasteiger partial charge in [-0.3, -0.25) is 0 Å². The second-order valence-corrected chi connectivity index (χ2v) is 4.24. The van der Waals surface area contributed by atoms with Crippen molar-refractivity contribution in [3.05, 3.63) is 11.6 Å². The SMILES string of the molecule is C[C@H]1CC2=CCC[C@H]1C2(C)O. The molecule has 2 aliphatic carbocycles. The summed E-state index contributed by atoms with van der Waals surface area (Å²) in [6.45, 7) is 4.23. The lowest BCUT2D eigenvalue weighted by molar-refractivity contribution is 0.0319. The van der Waals surface area contributed by atoms with E-state index >= 15 is 0 Å². The highest BCUT2D eigenvalue weighted by atomic mass is 16.3. The molecule has 0 heterocycles. The summed E-state index contributed by atoms with van der Waals surface area (Å²) < 4.78 is 0. The molecule has 2 bridgehead atoms. The minimum absolute atomic E-state index is 0.461. The molecule has 1 N–H and O–H groups in total. The first-order valence-electron chi connectivity index (χ1n) is 4.54. The second kappa shape index (κ2) is 2.10. The lowest BCUT2D eigenvalue weighted by Gasteiger charge is -2.31. The molecule has 2 aliphatic rings. The Morgan fingerprint density at radius 1 is 1.64 bits per heavy atom. The minimum atomic E-state index is -0.461. The van der Waals surface area contributed by atoms with Gasteiger partial charge in [0.15, 0.2) is 0 Å². The molecule has 1 nitrogen and oxygen atoms in total. The Labute approximate surface area is 68.1 Å². The van der Waals surface area contributed by atoms with Crippen LogP contribution in [0.15, 0.2) is 11.6 Å². The Balaban J connectivity index is 2.39. The van der Waals surface area contributed by atoms with Crippen LogP contribution in [0.25, 0.3) is 0 Å². The molecule has 3 atom stereocenters. The molecular formula is C10H16O. The maximum atomic E-state index is 10.1. The summed E-state index contributed by atoms with van der Waals surface area (Å²) in [5.74, 6) is 1.22. The zero-order valence-electron chi connectivity index (χ0n) is 7.30. The van der Waals surface area contributed by atoms with E-state index in [2.05, 4.69) is 13.0 Å². The van der Waals surface area contributed by atoms with Crippen molar-refractivity contribution in [1.82, 2.24) is 0 Å². The topological polar surface area (TPSA) is 20.2 Å². The van der Waals surface area contributed by atoms with Gasteiger partial charge < -0.3 is 5.11 Å². The van der Waals surface area contributed by atoms with E-state index in [-0.39, 0.29) is 0 Å². The number of allylic oxidation sites excluding steroid dienone is 1. The van der Waals surface area contributed by atoms with Crippen molar-refractivity contribution in [1.29, 1.82) is 0 Å². The minimum Gasteiger partial charge on any atom is -0.386 e. The van der Waals surface area contributed by atoms with Gasteiger partial charge in [-0.25, -0.2) is 0 Å². The quantitative estimate of drug-likeness (QED) is 0.527. The van der Waals surface area contributed by atoms with Gasteiger partial charge in [0.25, 0.3) is 0 Å². The number of hydrogen-bond donors (Lipinski definition) is 1. The van der Waals surface area contributed by atoms with Gasteiger partial charge in [0.05, 0.1) is 5.60 Å². The third kappa shape index (κ3) is 0.871. The molecule has 1 saturated carbocycles. The molecule has 0 aliphatic heterocycles. The second-order valence-electron chi connectivity index (χ2n) is 4.24. The van der Waals surface area contributed by atoms with E-state index in [0.717, 1.165) is 6.42 Å². The van der Waals surface area contributed by atoms with Crippen LogP contribution < -0.4 is 0 Å². The zero-order chi connectivity index (χ0) is 8.06. The number of rotatable bonds is 0. The maximum absolute atomic E-state index is 10.1. The predicted molar refractivity (Wildman–Crippen MR) is 45.2 cm³/mol. The van der Waals surface area contributed by atoms with Gasteiger partial charge in [0.2, 0.25) is 0 Å². The van der Waals surface area contributed by atoms with Crippen LogP contribution in [0.2, 0.25) is 0 Å². The largest absolute Gasteiger partial charge is 0.386 e. The smallest absolute Gasteiger partial charge is 0.0859 e. The summed E-state index contributed by atoms with van der Waals surface area (Å²) in [7, 11) is 0. The molecule has 0 radical (unpaired) electrons. The van der Waals surface area contributed by atoms with E-state index in [1.165, 1.54) is 18.4 Å². The molecule has 62 valence electrons. The number of hydrogen-bond acceptors (Lipinski definition) is 1. The van der Waals surface area contributed by atoms with Crippen LogP contribution in [0, 0.1) is 11.8 Å². The Kier molecular flexibility index (Phi) is 1.40. The molecule has 0 amide bonds. The van der Waals surface area contributed by atoms with E-state index in [1.807, 2.05) is 6.92 Å². The van der Waals surface area contributed by atoms with Crippen molar-refractivity contribution in [2.45, 2.75) is 38.7 Å². The first-order chi connectivity index (χ1) is 5.12. The van der Waals surface area contributed by atoms with E-state index in [0.29, 0.717) is 11.8 Å². The monoisotopic (exact) mass is 152 g/mol. The third-order valence-corrected chi connectivity index (χ3v) is 3.47. The molecule has 1 unspecified atom stereocenters. The maximum Gasteiger partial charge on any atom is 0.0859 e. The van der Waals surface area contributed by atoms with E-state index in [4.69, 9.17) is 0 Å². The molecule has 0 saturated heterocycles. The van der Waals surface area contributed by atoms with Crippen LogP contribution in [-0.4, -0.2) is 10.7 Å². The van der Waals surface area contributed by atoms with Gasteiger partial charge in [-0.1, -0.05) is 13.0 Å². The van der Waals surface area contributed by atoms with Crippen LogP contribution in [0.1, 0.15) is 33.1 Å². The van der Waals surface area contributed by atoms with Gasteiger partial charge in [-0.2, -0.15) is 0 Å². The Morgan fingerprint density at radius 3 is 2.91 bits per heavy atom. The average Bonchev–Trinajstić information content (AvgIpc) is 2.15. The molecular weight excluding hydrogens is 136 g/mol. The molecule has 0 aromatic rings. The Bertz CT molecular complexity index is 203. The predicted octanol–water partition coefficient (Wildman–Crippen LogP) is 2.11. The first kappa shape index (κ1) is 7.35. The Morgan fingerprint density at radius 2 is 2.36 bits per heavy atom. The van der Waals surface area contributed by atoms with Gasteiger partial charge in [0.1, 0.15) is 0 Å². The summed E-state index contributed by atoms with van der Waals surface area (Å²) in [5, 5.41) is 10.1. The van der Waals surface area contributed by atoms with Crippen molar-refractivity contribution in [2.75, 3.05) is 0 Å². The first-order valence-corrected chi connectivity index (χ1v) is 4.54. The van der Waals surface area contributed by atoms with Crippen molar-refractivity contribution in [2.24, 2.45) is 11.8 Å². The van der Waals surface area contributed by atoms with Crippen LogP contribution in [0.3, 0.4) is 0 Å². The third-order valence-electron chi connectivity index (χ3n) is 3.47. The van der Waals surface area contributed by atoms with E-state index < -0.39 is 5.60 Å². The lowest BCUT2D eigenvalue weighted by Crippen LogP contribution is -2.34. The molecule has 11 heavy (non-hydrogen) atoms. The summed E-state index contributed by atoms with van der Waals surface area (Å²) >= 11 is 0. The van der Waals surface area contributed by atoms with E-state index in [1.54, 1.807) is 0 Å². The molecule has 0 aromatic heterocycles. The molecule has 1 fully saturated rings. The lowest BCUT2D eigenvalue weighted by atomic mass is 9.80. The number of fused-ring (bicyclic) bond motifs is 2. The van der Waals surface area contributed by atoms with Gasteiger partial charge in [-0.05, 0) is 43.6 Å². The highest BCUT2D eigenvalue weighted by Gasteiger charge is 2.46. The van der Waals surface area contributed by atoms with Crippen molar-refractivity contribution in [3.63, 3.8) is 0 Å². The summed E-state index contributed by atoms with van der Waals surface area (Å²) in [6.07, 6.45) is 5.72. The Hall–Kier alpha value is -0.300. The van der Waals surface area contributed by atoms with Gasteiger partial charge in [0, 0.05) is 0 Å². The van der Waals surface area contributed by atoms with Crippen LogP contribution >= 0.6 is 0 Å². The van der Waals surface area contributed by atoms with E-state index in [9.17, 15) is 5.11 Å². The van der Waals surface area contributed by atoms with Crippen LogP contribution in [-0.2, 0) is 0 Å². The highest BCUT2D eigenvalue weighted by molar-refractivity contribution is 5.26. The fourth-order valence-electron chi connectivity index (χ4n) is 2.78. The van der Waals surface area contributed by atoms with Crippen molar-refractivity contribution < 1.29 is 5.11 Å². The average molecular weight is 152 g/mol. The molecule has 1 heteroatoms. The molecule has 2 rings (SSSR count). The van der Waals surface area contributed by atoms with Gasteiger partial charge in [-0.15, -0.1) is 0 Å². The van der Waals surface area contributed by atoms with Crippen LogP contribution in [0.4, 0.5) is 0 Å². The fourth-order valence-corrected chi connectivity index (χ4v) is 2.78. The van der Waals surface area contributed by atoms with Crippen molar-refractivity contribution in [3.8, 4) is 0 Å². The standard InChI is InChI=1S/C10H16O/c1-7-6-8-4-3-5-9(7)10(8,2)11/h4,7,9,11H,3,5-6H2,1-2H3/t7-,9+,10?/m0/s1.